The van der Waals surface area contributed by atoms with Crippen molar-refractivity contribution in [2.45, 2.75) is 25.9 Å². The van der Waals surface area contributed by atoms with E-state index < -0.39 is 12.6 Å². The first-order chi connectivity index (χ1) is 13.0. The fourth-order valence-corrected chi connectivity index (χ4v) is 4.13. The minimum absolute atomic E-state index is 0.0856. The number of carboxylic acid groups (broad SMARTS) is 1. The van der Waals surface area contributed by atoms with Gasteiger partial charge in [0.2, 0.25) is 0 Å². The van der Waals surface area contributed by atoms with Gasteiger partial charge in [0.1, 0.15) is 10.6 Å². The second kappa shape index (κ2) is 8.47. The van der Waals surface area contributed by atoms with Crippen LogP contribution >= 0.6 is 11.3 Å². The Morgan fingerprint density at radius 2 is 1.93 bits per heavy atom. The van der Waals surface area contributed by atoms with Gasteiger partial charge >= 0.3 is 12.6 Å². The number of rotatable bonds is 6. The number of carbonyl (C=O) groups excluding carboxylic acids is 1. The second-order valence-electron chi connectivity index (χ2n) is 6.39. The third-order valence-corrected chi connectivity index (χ3v) is 5.58. The van der Waals surface area contributed by atoms with E-state index in [9.17, 15) is 23.5 Å². The fraction of sp³-hybridized carbons (Fsp3) is 0.368. The molecule has 1 N–H and O–H groups in total. The van der Waals surface area contributed by atoms with Crippen LogP contribution in [0.4, 0.5) is 8.78 Å². The Balaban J connectivity index is 1.60. The number of carboxylic acids is 1. The molecule has 0 radical (unpaired) electrons. The molecule has 3 rings (SSSR count). The molecule has 0 saturated carbocycles. The Kier molecular flexibility index (Phi) is 6.05. The first kappa shape index (κ1) is 19.3. The van der Waals surface area contributed by atoms with Gasteiger partial charge in [-0.15, -0.1) is 11.3 Å². The van der Waals surface area contributed by atoms with Crippen LogP contribution in [0.25, 0.3) is 0 Å². The van der Waals surface area contributed by atoms with E-state index in [1.165, 1.54) is 6.07 Å². The van der Waals surface area contributed by atoms with Crippen LogP contribution < -0.4 is 4.74 Å². The number of aromatic carboxylic acids is 1. The van der Waals surface area contributed by atoms with Crippen LogP contribution in [-0.4, -0.2) is 41.6 Å². The normalized spacial score (nSPS) is 15.1. The van der Waals surface area contributed by atoms with E-state index in [2.05, 4.69) is 4.74 Å². The van der Waals surface area contributed by atoms with E-state index in [1.807, 2.05) is 12.1 Å². The maximum Gasteiger partial charge on any atom is 0.387 e. The monoisotopic (exact) mass is 395 g/mol. The Labute approximate surface area is 159 Å². The molecule has 0 aliphatic carbocycles. The summed E-state index contributed by atoms with van der Waals surface area (Å²) in [6.07, 6.45) is 2.11. The summed E-state index contributed by atoms with van der Waals surface area (Å²) in [5.74, 6) is -1.06. The van der Waals surface area contributed by atoms with Gasteiger partial charge < -0.3 is 14.7 Å². The molecular weight excluding hydrogens is 376 g/mol. The van der Waals surface area contributed by atoms with E-state index in [0.717, 1.165) is 29.7 Å². The highest BCUT2D eigenvalue weighted by atomic mass is 32.1. The maximum atomic E-state index is 12.6. The topological polar surface area (TPSA) is 66.8 Å². The summed E-state index contributed by atoms with van der Waals surface area (Å²) in [7, 11) is 0. The van der Waals surface area contributed by atoms with Crippen molar-refractivity contribution in [1.82, 2.24) is 4.90 Å². The lowest BCUT2D eigenvalue weighted by Gasteiger charge is -2.32. The summed E-state index contributed by atoms with van der Waals surface area (Å²) >= 11 is 1.09. The van der Waals surface area contributed by atoms with Crippen LogP contribution in [0.1, 0.15) is 38.4 Å². The Morgan fingerprint density at radius 3 is 2.59 bits per heavy atom. The van der Waals surface area contributed by atoms with E-state index >= 15 is 0 Å². The Hall–Kier alpha value is -2.48. The molecule has 2 aromatic rings. The first-order valence-electron chi connectivity index (χ1n) is 8.58. The third kappa shape index (κ3) is 4.63. The van der Waals surface area contributed by atoms with Crippen LogP contribution in [-0.2, 0) is 6.42 Å². The van der Waals surface area contributed by atoms with Crippen molar-refractivity contribution in [3.8, 4) is 5.75 Å². The van der Waals surface area contributed by atoms with Gasteiger partial charge in [-0.05, 0) is 48.3 Å². The molecular formula is C19H19F2NO4S. The number of hydrogen-bond donors (Lipinski definition) is 1. The predicted molar refractivity (Wildman–Crippen MR) is 96.7 cm³/mol. The van der Waals surface area contributed by atoms with Gasteiger partial charge in [0.25, 0.3) is 5.91 Å². The molecule has 0 spiro atoms. The van der Waals surface area contributed by atoms with E-state index in [0.29, 0.717) is 25.1 Å². The third-order valence-electron chi connectivity index (χ3n) is 4.70. The molecule has 0 atom stereocenters. The summed E-state index contributed by atoms with van der Waals surface area (Å²) in [4.78, 5) is 25.8. The van der Waals surface area contributed by atoms with Crippen LogP contribution in [0.3, 0.4) is 0 Å². The molecule has 27 heavy (non-hydrogen) atoms. The number of thiophene rings is 1. The highest BCUT2D eigenvalue weighted by molar-refractivity contribution is 7.12. The van der Waals surface area contributed by atoms with Gasteiger partial charge in [-0.2, -0.15) is 8.78 Å². The van der Waals surface area contributed by atoms with Crippen molar-refractivity contribution >= 4 is 23.2 Å². The molecule has 1 saturated heterocycles. The van der Waals surface area contributed by atoms with E-state index in [4.69, 9.17) is 0 Å². The predicted octanol–water partition coefficient (Wildman–Crippen LogP) is 4.14. The van der Waals surface area contributed by atoms with Gasteiger partial charge in [-0.25, -0.2) is 4.79 Å². The fourth-order valence-electron chi connectivity index (χ4n) is 3.34. The van der Waals surface area contributed by atoms with Gasteiger partial charge in [0.15, 0.2) is 0 Å². The summed E-state index contributed by atoms with van der Waals surface area (Å²) in [6.45, 7) is -1.96. The molecule has 8 heteroatoms. The molecule has 5 nitrogen and oxygen atoms in total. The lowest BCUT2D eigenvalue weighted by molar-refractivity contribution is -0.0499. The summed E-state index contributed by atoms with van der Waals surface area (Å²) in [5, 5.41) is 10.8. The van der Waals surface area contributed by atoms with Gasteiger partial charge in [0, 0.05) is 13.1 Å². The van der Waals surface area contributed by atoms with E-state index in [1.54, 1.807) is 22.4 Å². The number of halogens is 2. The lowest BCUT2D eigenvalue weighted by atomic mass is 9.88. The SMILES string of the molecule is O=C(O)c1ccccc1CC1CCN(C(=O)c2sccc2OC(F)F)CC1. The molecule has 1 aliphatic heterocycles. The number of likely N-dealkylation sites (tertiary alicyclic amines) is 1. The van der Waals surface area contributed by atoms with E-state index in [-0.39, 0.29) is 22.5 Å². The van der Waals surface area contributed by atoms with Crippen molar-refractivity contribution in [3.63, 3.8) is 0 Å². The number of nitrogens with zero attached hydrogens (tertiary/aromatic N) is 1. The quantitative estimate of drug-likeness (QED) is 0.798. The van der Waals surface area contributed by atoms with Crippen molar-refractivity contribution in [1.29, 1.82) is 0 Å². The number of piperidine rings is 1. The molecule has 0 bridgehead atoms. The zero-order valence-electron chi connectivity index (χ0n) is 14.4. The largest absolute Gasteiger partial charge is 0.478 e. The zero-order chi connectivity index (χ0) is 19.4. The Bertz CT molecular complexity index is 816. The van der Waals surface area contributed by atoms with Crippen LogP contribution in [0.15, 0.2) is 35.7 Å². The number of ether oxygens (including phenoxy) is 1. The molecule has 1 aromatic carbocycles. The minimum Gasteiger partial charge on any atom is -0.478 e. The van der Waals surface area contributed by atoms with Crippen LogP contribution in [0.2, 0.25) is 0 Å². The molecule has 0 unspecified atom stereocenters. The molecule has 1 aromatic heterocycles. The molecule has 1 amide bonds. The van der Waals surface area contributed by atoms with Gasteiger partial charge in [0.05, 0.1) is 5.56 Å². The highest BCUT2D eigenvalue weighted by Crippen LogP contribution is 2.30. The lowest BCUT2D eigenvalue weighted by Crippen LogP contribution is -2.38. The van der Waals surface area contributed by atoms with Crippen LogP contribution in [0, 0.1) is 5.92 Å². The summed E-state index contributed by atoms with van der Waals surface area (Å²) in [5.41, 5.74) is 1.10. The number of amides is 1. The van der Waals surface area contributed by atoms with Gasteiger partial charge in [-0.1, -0.05) is 18.2 Å². The van der Waals surface area contributed by atoms with Gasteiger partial charge in [-0.3, -0.25) is 4.79 Å². The van der Waals surface area contributed by atoms with Crippen molar-refractivity contribution in [3.05, 3.63) is 51.7 Å². The van der Waals surface area contributed by atoms with Crippen molar-refractivity contribution in [2.75, 3.05) is 13.1 Å². The number of hydrogen-bond acceptors (Lipinski definition) is 4. The van der Waals surface area contributed by atoms with Crippen molar-refractivity contribution < 1.29 is 28.2 Å². The first-order valence-corrected chi connectivity index (χ1v) is 9.46. The Morgan fingerprint density at radius 1 is 1.22 bits per heavy atom. The van der Waals surface area contributed by atoms with Crippen molar-refractivity contribution in [2.24, 2.45) is 5.92 Å². The number of alkyl halides is 2. The molecule has 1 fully saturated rings. The average molecular weight is 395 g/mol. The summed E-state index contributed by atoms with van der Waals surface area (Å²) < 4.78 is 29.3. The zero-order valence-corrected chi connectivity index (χ0v) is 15.3. The number of benzene rings is 1. The van der Waals surface area contributed by atoms with Crippen LogP contribution in [0.5, 0.6) is 5.75 Å². The average Bonchev–Trinajstić information content (AvgIpc) is 3.09. The minimum atomic E-state index is -2.97. The highest BCUT2D eigenvalue weighted by Gasteiger charge is 2.27. The number of carbonyl (C=O) groups is 2. The summed E-state index contributed by atoms with van der Waals surface area (Å²) in [6, 6.07) is 8.31. The smallest absolute Gasteiger partial charge is 0.387 e. The maximum absolute atomic E-state index is 12.6. The standard InChI is InChI=1S/C19H19F2NO4S/c20-19(21)26-15-7-10-27-16(15)17(23)22-8-5-12(6-9-22)11-13-3-1-2-4-14(13)18(24)25/h1-4,7,10,12,19H,5-6,8-9,11H2,(H,24,25). The molecule has 144 valence electrons. The molecule has 2 heterocycles. The second-order valence-corrected chi connectivity index (χ2v) is 7.31. The molecule has 1 aliphatic rings.